The Morgan fingerprint density at radius 3 is 2.67 bits per heavy atom. The van der Waals surface area contributed by atoms with Crippen LogP contribution in [0.2, 0.25) is 0 Å². The molecule has 1 N–H and O–H groups in total. The molecule has 1 aliphatic heterocycles. The Labute approximate surface area is 109 Å². The highest BCUT2D eigenvalue weighted by Crippen LogP contribution is 2.21. The minimum atomic E-state index is -1.40. The zero-order valence-electron chi connectivity index (χ0n) is 10.8. The number of alkyl halides is 1. The lowest BCUT2D eigenvalue weighted by molar-refractivity contribution is 0.0949. The van der Waals surface area contributed by atoms with Crippen molar-refractivity contribution in [3.63, 3.8) is 0 Å². The van der Waals surface area contributed by atoms with Crippen molar-refractivity contribution < 1.29 is 18.8 Å². The first-order chi connectivity index (χ1) is 8.21. The number of carbonyl (C=O) groups is 1. The van der Waals surface area contributed by atoms with Gasteiger partial charge in [0.05, 0.1) is 12.8 Å². The van der Waals surface area contributed by atoms with Crippen LogP contribution >= 0.6 is 0 Å². The van der Waals surface area contributed by atoms with Crippen LogP contribution in [0.4, 0.5) is 9.18 Å². The molecular weight excluding hydrogens is 259 g/mol. The molecule has 0 spiro atoms. The van der Waals surface area contributed by atoms with E-state index in [1.54, 1.807) is 20.8 Å². The second kappa shape index (κ2) is 5.88. The molecule has 0 aromatic rings. The topological polar surface area (TPSA) is 76.0 Å². The average molecular weight is 278 g/mol. The van der Waals surface area contributed by atoms with Crippen LogP contribution in [0.15, 0.2) is 4.40 Å². The van der Waals surface area contributed by atoms with E-state index < -0.39 is 34.3 Å². The first kappa shape index (κ1) is 15.2. The normalized spacial score (nSPS) is 27.5. The number of nitrogens with zero attached hydrogens (tertiary/aromatic N) is 2. The number of amides is 1. The SMILES string of the molecule is CC(C)(C)[S@@+]([O-])/N=C/[C@H]1CCN(C(=O)O)C[C@H]1F. The van der Waals surface area contributed by atoms with Gasteiger partial charge in [0.2, 0.25) is 0 Å². The number of hydrogen-bond donors (Lipinski definition) is 1. The minimum absolute atomic E-state index is 0.145. The number of carboxylic acid groups (broad SMARTS) is 1. The van der Waals surface area contributed by atoms with Crippen molar-refractivity contribution in [1.82, 2.24) is 4.90 Å². The van der Waals surface area contributed by atoms with Crippen molar-refractivity contribution in [2.24, 2.45) is 10.3 Å². The third kappa shape index (κ3) is 4.13. The minimum Gasteiger partial charge on any atom is -0.591 e. The summed E-state index contributed by atoms with van der Waals surface area (Å²) in [6.07, 6.45) is -0.634. The highest BCUT2D eigenvalue weighted by Gasteiger charge is 2.32. The van der Waals surface area contributed by atoms with Crippen molar-refractivity contribution in [3.8, 4) is 0 Å². The van der Waals surface area contributed by atoms with E-state index in [0.29, 0.717) is 6.42 Å². The summed E-state index contributed by atoms with van der Waals surface area (Å²) in [5.74, 6) is -0.452. The molecule has 18 heavy (non-hydrogen) atoms. The molecule has 0 aromatic heterocycles. The lowest BCUT2D eigenvalue weighted by Gasteiger charge is -2.30. The second-order valence-corrected chi connectivity index (χ2v) is 7.25. The van der Waals surface area contributed by atoms with E-state index in [0.717, 1.165) is 4.90 Å². The summed E-state index contributed by atoms with van der Waals surface area (Å²) < 4.78 is 28.8. The molecule has 5 nitrogen and oxygen atoms in total. The van der Waals surface area contributed by atoms with Crippen LogP contribution in [0.25, 0.3) is 0 Å². The van der Waals surface area contributed by atoms with Gasteiger partial charge in [0.25, 0.3) is 0 Å². The third-order valence-electron chi connectivity index (χ3n) is 2.73. The van der Waals surface area contributed by atoms with Gasteiger partial charge in [-0.15, -0.1) is 0 Å². The smallest absolute Gasteiger partial charge is 0.407 e. The largest absolute Gasteiger partial charge is 0.591 e. The first-order valence-corrected chi connectivity index (χ1v) is 6.90. The number of rotatable bonds is 2. The summed E-state index contributed by atoms with van der Waals surface area (Å²) in [5, 5.41) is 8.74. The average Bonchev–Trinajstić information content (AvgIpc) is 2.25. The molecule has 1 amide bonds. The van der Waals surface area contributed by atoms with Gasteiger partial charge in [-0.1, -0.05) is 4.40 Å². The maximum absolute atomic E-state index is 13.7. The standard InChI is InChI=1S/C11H19FN2O3S/c1-11(2,3)18(17)13-6-8-4-5-14(10(15)16)7-9(8)12/h6,8-9H,4-5,7H2,1-3H3,(H,15,16)/b13-6+/t8-,9-,18-/m1/s1. The Bertz CT molecular complexity index is 333. The molecule has 104 valence electrons. The van der Waals surface area contributed by atoms with Crippen LogP contribution in [0, 0.1) is 5.92 Å². The van der Waals surface area contributed by atoms with E-state index >= 15 is 0 Å². The molecule has 0 bridgehead atoms. The fourth-order valence-corrected chi connectivity index (χ4v) is 2.14. The number of halogens is 1. The van der Waals surface area contributed by atoms with Crippen LogP contribution < -0.4 is 0 Å². The van der Waals surface area contributed by atoms with Crippen LogP contribution in [-0.2, 0) is 11.4 Å². The van der Waals surface area contributed by atoms with Gasteiger partial charge in [-0.3, -0.25) is 0 Å². The Balaban J connectivity index is 2.55. The number of hydrogen-bond acceptors (Lipinski definition) is 3. The number of piperidine rings is 1. The molecule has 0 radical (unpaired) electrons. The Hall–Kier alpha value is -0.820. The summed E-state index contributed by atoms with van der Waals surface area (Å²) in [5.41, 5.74) is 0. The van der Waals surface area contributed by atoms with E-state index in [2.05, 4.69) is 4.40 Å². The van der Waals surface area contributed by atoms with E-state index in [9.17, 15) is 13.7 Å². The van der Waals surface area contributed by atoms with E-state index in [-0.39, 0.29) is 13.1 Å². The zero-order valence-corrected chi connectivity index (χ0v) is 11.6. The van der Waals surface area contributed by atoms with E-state index in [4.69, 9.17) is 5.11 Å². The van der Waals surface area contributed by atoms with E-state index in [1.165, 1.54) is 6.21 Å². The fraction of sp³-hybridized carbons (Fsp3) is 0.818. The van der Waals surface area contributed by atoms with Gasteiger partial charge in [0.15, 0.2) is 0 Å². The lowest BCUT2D eigenvalue weighted by atomic mass is 9.97. The molecule has 0 aromatic carbocycles. The van der Waals surface area contributed by atoms with Crippen LogP contribution in [-0.4, -0.2) is 50.9 Å². The third-order valence-corrected chi connectivity index (χ3v) is 4.10. The molecule has 0 aliphatic carbocycles. The van der Waals surface area contributed by atoms with Crippen LogP contribution in [0.1, 0.15) is 27.2 Å². The van der Waals surface area contributed by atoms with Gasteiger partial charge >= 0.3 is 6.09 Å². The molecule has 1 saturated heterocycles. The predicted octanol–water partition coefficient (Wildman–Crippen LogP) is 1.86. The highest BCUT2D eigenvalue weighted by atomic mass is 32.2. The molecule has 7 heteroatoms. The van der Waals surface area contributed by atoms with Crippen LogP contribution in [0.5, 0.6) is 0 Å². The first-order valence-electron chi connectivity index (χ1n) is 5.80. The van der Waals surface area contributed by atoms with Gasteiger partial charge in [0.1, 0.15) is 22.3 Å². The molecular formula is C11H19FN2O3S. The Morgan fingerprint density at radius 1 is 1.61 bits per heavy atom. The van der Waals surface area contributed by atoms with Crippen LogP contribution in [0.3, 0.4) is 0 Å². The molecule has 1 rings (SSSR count). The molecule has 0 saturated carbocycles. The summed E-state index contributed by atoms with van der Waals surface area (Å²) in [6.45, 7) is 5.52. The highest BCUT2D eigenvalue weighted by molar-refractivity contribution is 7.91. The van der Waals surface area contributed by atoms with Crippen molar-refractivity contribution in [2.45, 2.75) is 38.1 Å². The molecule has 0 unspecified atom stereocenters. The van der Waals surface area contributed by atoms with Crippen molar-refractivity contribution in [1.29, 1.82) is 0 Å². The summed E-state index contributed by atoms with van der Waals surface area (Å²) in [7, 11) is 0. The summed E-state index contributed by atoms with van der Waals surface area (Å²) in [4.78, 5) is 11.7. The Kier molecular flexibility index (Phi) is 4.98. The van der Waals surface area contributed by atoms with Gasteiger partial charge in [-0.25, -0.2) is 9.18 Å². The zero-order chi connectivity index (χ0) is 13.9. The van der Waals surface area contributed by atoms with Crippen molar-refractivity contribution >= 4 is 23.7 Å². The molecule has 1 aliphatic rings. The second-order valence-electron chi connectivity index (χ2n) is 5.31. The van der Waals surface area contributed by atoms with E-state index in [1.807, 2.05) is 0 Å². The fourth-order valence-electron chi connectivity index (χ4n) is 1.56. The molecule has 3 atom stereocenters. The monoisotopic (exact) mass is 278 g/mol. The summed E-state index contributed by atoms with van der Waals surface area (Å²) >= 11 is -1.40. The quantitative estimate of drug-likeness (QED) is 0.618. The van der Waals surface area contributed by atoms with Gasteiger partial charge in [0, 0.05) is 12.5 Å². The van der Waals surface area contributed by atoms with Crippen molar-refractivity contribution in [2.75, 3.05) is 13.1 Å². The molecule has 1 fully saturated rings. The summed E-state index contributed by atoms with van der Waals surface area (Å²) in [6, 6.07) is 0. The maximum atomic E-state index is 13.7. The van der Waals surface area contributed by atoms with Gasteiger partial charge < -0.3 is 14.6 Å². The maximum Gasteiger partial charge on any atom is 0.407 e. The number of likely N-dealkylation sites (tertiary alicyclic amines) is 1. The van der Waals surface area contributed by atoms with Gasteiger partial charge in [-0.05, 0) is 27.2 Å². The predicted molar refractivity (Wildman–Crippen MR) is 69.0 cm³/mol. The molecule has 1 heterocycles. The lowest BCUT2D eigenvalue weighted by Crippen LogP contribution is -2.44. The van der Waals surface area contributed by atoms with Gasteiger partial charge in [-0.2, -0.15) is 0 Å². The Morgan fingerprint density at radius 2 is 2.22 bits per heavy atom. The van der Waals surface area contributed by atoms with Crippen molar-refractivity contribution in [3.05, 3.63) is 0 Å².